The lowest BCUT2D eigenvalue weighted by Gasteiger charge is -2.11. The molecular weight excluding hydrogens is 454 g/mol. The van der Waals surface area contributed by atoms with Crippen molar-refractivity contribution >= 4 is 44.8 Å². The monoisotopic (exact) mass is 468 g/mol. The van der Waals surface area contributed by atoms with Crippen LogP contribution < -0.4 is 5.32 Å². The summed E-state index contributed by atoms with van der Waals surface area (Å²) in [4.78, 5) is 24.5. The number of nitrogens with one attached hydrogen (secondary N) is 1. The maximum atomic E-state index is 13.8. The molecule has 146 valence electrons. The third kappa shape index (κ3) is 4.15. The number of thiophene rings is 1. The molecule has 0 fully saturated rings. The zero-order valence-corrected chi connectivity index (χ0v) is 17.3. The molecule has 28 heavy (non-hydrogen) atoms. The minimum Gasteiger partial charge on any atom is -0.452 e. The largest absolute Gasteiger partial charge is 0.452 e. The summed E-state index contributed by atoms with van der Waals surface area (Å²) in [5.41, 5.74) is 2.03. The van der Waals surface area contributed by atoms with Gasteiger partial charge in [-0.2, -0.15) is 0 Å². The number of carbonyl (C=O) groups is 2. The molecule has 0 saturated heterocycles. The van der Waals surface area contributed by atoms with Crippen LogP contribution in [0.15, 0.2) is 40.2 Å². The van der Waals surface area contributed by atoms with Crippen LogP contribution in [0.2, 0.25) is 0 Å². The highest BCUT2D eigenvalue weighted by atomic mass is 79.9. The normalized spacial score (nSPS) is 10.8. The summed E-state index contributed by atoms with van der Waals surface area (Å²) in [6.07, 6.45) is 0. The summed E-state index contributed by atoms with van der Waals surface area (Å²) in [5.74, 6) is -3.14. The minimum atomic E-state index is -0.940. The standard InChI is InChI=1S/C19H15BrF2N2O3S/c1-10-3-4-11(2)24(10)18-13(5-6-28-18)19(26)27-9-16(25)23-17-14(20)7-12(21)8-15(17)22/h3-8H,9H2,1-2H3,(H,23,25). The second kappa shape index (κ2) is 8.24. The van der Waals surface area contributed by atoms with Crippen molar-refractivity contribution in [2.24, 2.45) is 0 Å². The number of nitrogens with zero attached hydrogens (tertiary/aromatic N) is 1. The highest BCUT2D eigenvalue weighted by Crippen LogP contribution is 2.28. The second-order valence-electron chi connectivity index (χ2n) is 5.96. The van der Waals surface area contributed by atoms with Gasteiger partial charge in [-0.1, -0.05) is 0 Å². The fourth-order valence-corrected chi connectivity index (χ4v) is 4.18. The molecule has 2 aromatic heterocycles. The predicted molar refractivity (Wildman–Crippen MR) is 106 cm³/mol. The molecule has 2 heterocycles. The van der Waals surface area contributed by atoms with Gasteiger partial charge in [0.15, 0.2) is 12.4 Å². The number of aryl methyl sites for hydroxylation is 2. The Hall–Kier alpha value is -2.52. The number of ether oxygens (including phenoxy) is 1. The molecule has 3 aromatic rings. The van der Waals surface area contributed by atoms with E-state index in [0.29, 0.717) is 16.6 Å². The van der Waals surface area contributed by atoms with Gasteiger partial charge in [0.1, 0.15) is 10.8 Å². The van der Waals surface area contributed by atoms with Crippen molar-refractivity contribution in [2.45, 2.75) is 13.8 Å². The van der Waals surface area contributed by atoms with Gasteiger partial charge in [-0.05, 0) is 59.4 Å². The number of aromatic nitrogens is 1. The van der Waals surface area contributed by atoms with Gasteiger partial charge in [0.05, 0.1) is 11.3 Å². The highest BCUT2D eigenvalue weighted by molar-refractivity contribution is 9.10. The molecule has 0 aliphatic carbocycles. The molecule has 0 aliphatic rings. The van der Waals surface area contributed by atoms with Gasteiger partial charge in [-0.3, -0.25) is 4.79 Å². The van der Waals surface area contributed by atoms with Gasteiger partial charge in [-0.15, -0.1) is 11.3 Å². The molecule has 9 heteroatoms. The van der Waals surface area contributed by atoms with E-state index in [1.807, 2.05) is 30.5 Å². The molecule has 3 rings (SSSR count). The Kier molecular flexibility index (Phi) is 5.95. The molecule has 1 amide bonds. The van der Waals surface area contributed by atoms with E-state index < -0.39 is 30.1 Å². The lowest BCUT2D eigenvalue weighted by atomic mass is 10.3. The van der Waals surface area contributed by atoms with E-state index >= 15 is 0 Å². The molecule has 0 bridgehead atoms. The number of carbonyl (C=O) groups excluding carboxylic acids is 2. The van der Waals surface area contributed by atoms with Gasteiger partial charge < -0.3 is 14.6 Å². The van der Waals surface area contributed by atoms with E-state index in [1.54, 1.807) is 11.4 Å². The van der Waals surface area contributed by atoms with Gasteiger partial charge in [-0.25, -0.2) is 13.6 Å². The van der Waals surface area contributed by atoms with E-state index in [0.717, 1.165) is 17.5 Å². The molecule has 0 aliphatic heterocycles. The second-order valence-corrected chi connectivity index (χ2v) is 7.71. The van der Waals surface area contributed by atoms with Crippen LogP contribution in [0.25, 0.3) is 5.00 Å². The average Bonchev–Trinajstić information content (AvgIpc) is 3.22. The average molecular weight is 469 g/mol. The van der Waals surface area contributed by atoms with Crippen LogP contribution in [0, 0.1) is 25.5 Å². The highest BCUT2D eigenvalue weighted by Gasteiger charge is 2.20. The number of anilines is 1. The Morgan fingerprint density at radius 3 is 2.50 bits per heavy atom. The Labute approximate surface area is 172 Å². The van der Waals surface area contributed by atoms with Crippen molar-refractivity contribution in [2.75, 3.05) is 11.9 Å². The maximum Gasteiger partial charge on any atom is 0.341 e. The smallest absolute Gasteiger partial charge is 0.341 e. The zero-order chi connectivity index (χ0) is 20.4. The van der Waals surface area contributed by atoms with Crippen molar-refractivity contribution in [3.63, 3.8) is 0 Å². The molecule has 0 saturated carbocycles. The third-order valence-electron chi connectivity index (χ3n) is 3.94. The summed E-state index contributed by atoms with van der Waals surface area (Å²) >= 11 is 4.36. The lowest BCUT2D eigenvalue weighted by molar-refractivity contribution is -0.119. The summed E-state index contributed by atoms with van der Waals surface area (Å²) in [6.45, 7) is 3.23. The number of rotatable bonds is 5. The molecule has 0 spiro atoms. The fourth-order valence-electron chi connectivity index (χ4n) is 2.66. The van der Waals surface area contributed by atoms with Crippen molar-refractivity contribution in [1.29, 1.82) is 0 Å². The topological polar surface area (TPSA) is 60.3 Å². The molecule has 1 N–H and O–H groups in total. The van der Waals surface area contributed by atoms with Crippen LogP contribution >= 0.6 is 27.3 Å². The number of amides is 1. The van der Waals surface area contributed by atoms with Crippen LogP contribution in [0.5, 0.6) is 0 Å². The number of halogens is 3. The van der Waals surface area contributed by atoms with Gasteiger partial charge in [0.25, 0.3) is 5.91 Å². The van der Waals surface area contributed by atoms with Crippen LogP contribution in [0.4, 0.5) is 14.5 Å². The Morgan fingerprint density at radius 2 is 1.86 bits per heavy atom. The van der Waals surface area contributed by atoms with Crippen LogP contribution in [-0.4, -0.2) is 23.1 Å². The molecule has 0 radical (unpaired) electrons. The van der Waals surface area contributed by atoms with E-state index in [4.69, 9.17) is 4.74 Å². The van der Waals surface area contributed by atoms with E-state index in [1.165, 1.54) is 11.3 Å². The van der Waals surface area contributed by atoms with E-state index in [-0.39, 0.29) is 10.2 Å². The Morgan fingerprint density at radius 1 is 1.18 bits per heavy atom. The summed E-state index contributed by atoms with van der Waals surface area (Å²) in [5, 5.41) is 4.71. The first-order valence-corrected chi connectivity index (χ1v) is 9.79. The fraction of sp³-hybridized carbons (Fsp3) is 0.158. The van der Waals surface area contributed by atoms with Crippen molar-refractivity contribution in [1.82, 2.24) is 4.57 Å². The van der Waals surface area contributed by atoms with Gasteiger partial charge in [0.2, 0.25) is 0 Å². The summed E-state index contributed by atoms with van der Waals surface area (Å²) in [7, 11) is 0. The summed E-state index contributed by atoms with van der Waals surface area (Å²) < 4.78 is 33.9. The minimum absolute atomic E-state index is 0.0448. The SMILES string of the molecule is Cc1ccc(C)n1-c1sccc1C(=O)OCC(=O)Nc1c(F)cc(F)cc1Br. The predicted octanol–water partition coefficient (Wildman–Crippen LogP) is 4.99. The molecule has 0 atom stereocenters. The number of hydrogen-bond donors (Lipinski definition) is 1. The van der Waals surface area contributed by atoms with Crippen molar-refractivity contribution < 1.29 is 23.1 Å². The number of esters is 1. The first-order valence-electron chi connectivity index (χ1n) is 8.12. The lowest BCUT2D eigenvalue weighted by Crippen LogP contribution is -2.22. The quantitative estimate of drug-likeness (QED) is 0.536. The molecule has 5 nitrogen and oxygen atoms in total. The van der Waals surface area contributed by atoms with Crippen LogP contribution in [-0.2, 0) is 9.53 Å². The Bertz CT molecular complexity index is 1020. The number of benzene rings is 1. The van der Waals surface area contributed by atoms with E-state index in [9.17, 15) is 18.4 Å². The van der Waals surface area contributed by atoms with Gasteiger partial charge in [0, 0.05) is 21.9 Å². The summed E-state index contributed by atoms with van der Waals surface area (Å²) in [6, 6.07) is 7.16. The first-order chi connectivity index (χ1) is 13.3. The third-order valence-corrected chi connectivity index (χ3v) is 5.47. The molecule has 1 aromatic carbocycles. The van der Waals surface area contributed by atoms with Crippen molar-refractivity contribution in [3.8, 4) is 5.00 Å². The molecular formula is C19H15BrF2N2O3S. The first kappa shape index (κ1) is 20.2. The number of hydrogen-bond acceptors (Lipinski definition) is 4. The van der Waals surface area contributed by atoms with E-state index in [2.05, 4.69) is 21.2 Å². The van der Waals surface area contributed by atoms with Crippen molar-refractivity contribution in [3.05, 3.63) is 68.8 Å². The van der Waals surface area contributed by atoms with Crippen LogP contribution in [0.3, 0.4) is 0 Å². The Balaban J connectivity index is 1.69. The van der Waals surface area contributed by atoms with Crippen LogP contribution in [0.1, 0.15) is 21.7 Å². The van der Waals surface area contributed by atoms with Gasteiger partial charge >= 0.3 is 5.97 Å². The zero-order valence-electron chi connectivity index (χ0n) is 14.9. The maximum absolute atomic E-state index is 13.8. The molecule has 0 unspecified atom stereocenters.